The molecule has 0 heterocycles. The lowest BCUT2D eigenvalue weighted by Gasteiger charge is -2.11. The standard InChI is InChI=1S/C17H27N3O2.HI/c1-3-18-17(19-12-14-7-8-14)20-13-15-5-4-6-16(11-15)22-10-9-21-2;/h4-6,11,14H,3,7-10,12-13H2,1-2H3,(H2,18,19,20);1H. The molecule has 0 saturated heterocycles. The van der Waals surface area contributed by atoms with Crippen molar-refractivity contribution in [2.75, 3.05) is 33.4 Å². The lowest BCUT2D eigenvalue weighted by molar-refractivity contribution is 0.146. The summed E-state index contributed by atoms with van der Waals surface area (Å²) < 4.78 is 10.6. The van der Waals surface area contributed by atoms with Crippen LogP contribution in [0.25, 0.3) is 0 Å². The molecule has 0 bridgehead atoms. The molecule has 0 unspecified atom stereocenters. The van der Waals surface area contributed by atoms with E-state index in [1.807, 2.05) is 18.2 Å². The maximum Gasteiger partial charge on any atom is 0.191 e. The van der Waals surface area contributed by atoms with Crippen LogP contribution in [0.1, 0.15) is 25.3 Å². The lowest BCUT2D eigenvalue weighted by atomic mass is 10.2. The fourth-order valence-corrected chi connectivity index (χ4v) is 2.05. The molecule has 0 aliphatic heterocycles. The Labute approximate surface area is 156 Å². The molecule has 1 saturated carbocycles. The van der Waals surface area contributed by atoms with E-state index < -0.39 is 0 Å². The topological polar surface area (TPSA) is 54.9 Å². The summed E-state index contributed by atoms with van der Waals surface area (Å²) >= 11 is 0. The van der Waals surface area contributed by atoms with Crippen molar-refractivity contribution in [3.8, 4) is 5.75 Å². The van der Waals surface area contributed by atoms with Crippen LogP contribution in [0.4, 0.5) is 0 Å². The van der Waals surface area contributed by atoms with E-state index in [2.05, 4.69) is 28.6 Å². The number of rotatable bonds is 9. The quantitative estimate of drug-likeness (QED) is 0.272. The van der Waals surface area contributed by atoms with Gasteiger partial charge in [-0.05, 0) is 43.4 Å². The first-order valence-electron chi connectivity index (χ1n) is 8.04. The molecule has 6 heteroatoms. The predicted molar refractivity (Wildman–Crippen MR) is 105 cm³/mol. The van der Waals surface area contributed by atoms with Crippen LogP contribution in [-0.2, 0) is 11.3 Å². The molecular formula is C17H28IN3O2. The van der Waals surface area contributed by atoms with Gasteiger partial charge >= 0.3 is 0 Å². The van der Waals surface area contributed by atoms with E-state index in [1.165, 1.54) is 12.8 Å². The zero-order valence-electron chi connectivity index (χ0n) is 14.0. The summed E-state index contributed by atoms with van der Waals surface area (Å²) in [6.45, 7) is 5.77. The minimum Gasteiger partial charge on any atom is -0.491 e. The van der Waals surface area contributed by atoms with Crippen LogP contribution in [0.5, 0.6) is 5.75 Å². The van der Waals surface area contributed by atoms with Crippen LogP contribution in [0, 0.1) is 5.92 Å². The number of aliphatic imine (C=N–C) groups is 1. The van der Waals surface area contributed by atoms with Gasteiger partial charge in [0.2, 0.25) is 0 Å². The van der Waals surface area contributed by atoms with Crippen LogP contribution in [-0.4, -0.2) is 39.4 Å². The second-order valence-corrected chi connectivity index (χ2v) is 5.51. The molecule has 23 heavy (non-hydrogen) atoms. The Morgan fingerprint density at radius 3 is 2.78 bits per heavy atom. The average molecular weight is 433 g/mol. The first-order chi connectivity index (χ1) is 10.8. The maximum absolute atomic E-state index is 5.62. The van der Waals surface area contributed by atoms with Crippen LogP contribution in [0.15, 0.2) is 29.3 Å². The summed E-state index contributed by atoms with van der Waals surface area (Å²) in [6.07, 6.45) is 2.68. The highest BCUT2D eigenvalue weighted by atomic mass is 127. The molecule has 130 valence electrons. The van der Waals surface area contributed by atoms with Gasteiger partial charge in [-0.25, -0.2) is 4.99 Å². The summed E-state index contributed by atoms with van der Waals surface area (Å²) in [5.41, 5.74) is 1.14. The normalized spacial score (nSPS) is 14.1. The number of hydrogen-bond acceptors (Lipinski definition) is 3. The van der Waals surface area contributed by atoms with Gasteiger partial charge in [0.15, 0.2) is 5.96 Å². The first kappa shape index (κ1) is 20.0. The van der Waals surface area contributed by atoms with Gasteiger partial charge in [-0.1, -0.05) is 12.1 Å². The third-order valence-corrected chi connectivity index (χ3v) is 3.47. The van der Waals surface area contributed by atoms with E-state index in [0.29, 0.717) is 19.8 Å². The molecule has 1 aromatic rings. The number of nitrogens with zero attached hydrogens (tertiary/aromatic N) is 1. The Bertz CT molecular complexity index is 479. The molecule has 2 rings (SSSR count). The number of halogens is 1. The molecule has 1 fully saturated rings. The number of methoxy groups -OCH3 is 1. The Morgan fingerprint density at radius 1 is 1.26 bits per heavy atom. The third kappa shape index (κ3) is 8.41. The molecule has 0 amide bonds. The molecule has 0 atom stereocenters. The Morgan fingerprint density at radius 2 is 2.09 bits per heavy atom. The summed E-state index contributed by atoms with van der Waals surface area (Å²) in [5.74, 6) is 2.59. The smallest absolute Gasteiger partial charge is 0.191 e. The van der Waals surface area contributed by atoms with Crippen LogP contribution < -0.4 is 15.4 Å². The van der Waals surface area contributed by atoms with Gasteiger partial charge in [0, 0.05) is 20.2 Å². The van der Waals surface area contributed by atoms with Gasteiger partial charge in [-0.15, -0.1) is 24.0 Å². The van der Waals surface area contributed by atoms with E-state index in [4.69, 9.17) is 9.47 Å². The molecule has 2 N–H and O–H groups in total. The second-order valence-electron chi connectivity index (χ2n) is 5.51. The van der Waals surface area contributed by atoms with Crippen LogP contribution >= 0.6 is 24.0 Å². The minimum atomic E-state index is 0. The third-order valence-electron chi connectivity index (χ3n) is 3.47. The minimum absolute atomic E-state index is 0. The van der Waals surface area contributed by atoms with Crippen molar-refractivity contribution < 1.29 is 9.47 Å². The number of nitrogens with one attached hydrogen (secondary N) is 2. The summed E-state index contributed by atoms with van der Waals surface area (Å²) in [4.78, 5) is 4.64. The summed E-state index contributed by atoms with van der Waals surface area (Å²) in [7, 11) is 1.67. The van der Waals surface area contributed by atoms with E-state index in [-0.39, 0.29) is 24.0 Å². The van der Waals surface area contributed by atoms with Crippen molar-refractivity contribution in [1.29, 1.82) is 0 Å². The Kier molecular flexibility index (Phi) is 10.0. The molecule has 0 spiro atoms. The highest BCUT2D eigenvalue weighted by Crippen LogP contribution is 2.27. The maximum atomic E-state index is 5.62. The highest BCUT2D eigenvalue weighted by molar-refractivity contribution is 14.0. The fraction of sp³-hybridized carbons (Fsp3) is 0.588. The number of guanidine groups is 1. The zero-order chi connectivity index (χ0) is 15.6. The van der Waals surface area contributed by atoms with Gasteiger partial charge in [-0.2, -0.15) is 0 Å². The van der Waals surface area contributed by atoms with E-state index in [1.54, 1.807) is 7.11 Å². The van der Waals surface area contributed by atoms with Gasteiger partial charge in [0.05, 0.1) is 13.2 Å². The van der Waals surface area contributed by atoms with E-state index >= 15 is 0 Å². The first-order valence-corrected chi connectivity index (χ1v) is 8.04. The summed E-state index contributed by atoms with van der Waals surface area (Å²) in [6, 6.07) is 8.05. The van der Waals surface area contributed by atoms with Gasteiger partial charge < -0.3 is 20.1 Å². The molecule has 5 nitrogen and oxygen atoms in total. The van der Waals surface area contributed by atoms with Crippen molar-refractivity contribution in [2.24, 2.45) is 10.9 Å². The molecule has 1 aromatic carbocycles. The molecule has 1 aliphatic rings. The molecular weight excluding hydrogens is 405 g/mol. The average Bonchev–Trinajstić information content (AvgIpc) is 3.35. The number of ether oxygens (including phenoxy) is 2. The number of benzene rings is 1. The SMILES string of the molecule is CCNC(=NCc1cccc(OCCOC)c1)NCC1CC1.I. The summed E-state index contributed by atoms with van der Waals surface area (Å²) in [5, 5.41) is 6.68. The van der Waals surface area contributed by atoms with E-state index in [0.717, 1.165) is 36.3 Å². The van der Waals surface area contributed by atoms with Crippen molar-refractivity contribution in [2.45, 2.75) is 26.3 Å². The van der Waals surface area contributed by atoms with Crippen molar-refractivity contribution in [3.63, 3.8) is 0 Å². The van der Waals surface area contributed by atoms with Crippen LogP contribution in [0.3, 0.4) is 0 Å². The van der Waals surface area contributed by atoms with Gasteiger partial charge in [-0.3, -0.25) is 0 Å². The van der Waals surface area contributed by atoms with Crippen LogP contribution in [0.2, 0.25) is 0 Å². The lowest BCUT2D eigenvalue weighted by Crippen LogP contribution is -2.38. The zero-order valence-corrected chi connectivity index (χ0v) is 16.3. The monoisotopic (exact) mass is 433 g/mol. The molecule has 0 radical (unpaired) electrons. The predicted octanol–water partition coefficient (Wildman–Crippen LogP) is 2.79. The molecule has 1 aliphatic carbocycles. The molecule has 0 aromatic heterocycles. The van der Waals surface area contributed by atoms with Crippen molar-refractivity contribution in [1.82, 2.24) is 10.6 Å². The highest BCUT2D eigenvalue weighted by Gasteiger charge is 2.20. The fourth-order valence-electron chi connectivity index (χ4n) is 2.05. The number of hydrogen-bond donors (Lipinski definition) is 2. The largest absolute Gasteiger partial charge is 0.491 e. The van der Waals surface area contributed by atoms with Gasteiger partial charge in [0.25, 0.3) is 0 Å². The Hall–Kier alpha value is -1.02. The second kappa shape index (κ2) is 11.5. The van der Waals surface area contributed by atoms with Gasteiger partial charge in [0.1, 0.15) is 12.4 Å². The Balaban J connectivity index is 0.00000264. The van der Waals surface area contributed by atoms with Crippen molar-refractivity contribution >= 4 is 29.9 Å². The van der Waals surface area contributed by atoms with Crippen molar-refractivity contribution in [3.05, 3.63) is 29.8 Å². The van der Waals surface area contributed by atoms with E-state index in [9.17, 15) is 0 Å².